The van der Waals surface area contributed by atoms with Gasteiger partial charge in [0.25, 0.3) is 5.91 Å². The van der Waals surface area contributed by atoms with Crippen molar-refractivity contribution >= 4 is 17.5 Å². The quantitative estimate of drug-likeness (QED) is 0.818. The highest BCUT2D eigenvalue weighted by Gasteiger charge is 2.09. The number of hydrogen-bond donors (Lipinski definition) is 2. The van der Waals surface area contributed by atoms with Gasteiger partial charge < -0.3 is 10.6 Å². The minimum atomic E-state index is -0.261. The molecule has 5 heteroatoms. The zero-order chi connectivity index (χ0) is 14.4. The van der Waals surface area contributed by atoms with Crippen molar-refractivity contribution in [2.45, 2.75) is 6.92 Å². The summed E-state index contributed by atoms with van der Waals surface area (Å²) in [5.74, 6) is 0.144. The molecular weight excluding hydrogens is 252 g/mol. The van der Waals surface area contributed by atoms with Crippen LogP contribution in [0.2, 0.25) is 0 Å². The summed E-state index contributed by atoms with van der Waals surface area (Å²) < 4.78 is 0. The maximum Gasteiger partial charge on any atom is 0.274 e. The van der Waals surface area contributed by atoms with Gasteiger partial charge in [0.05, 0.1) is 0 Å². The summed E-state index contributed by atoms with van der Waals surface area (Å²) >= 11 is 0. The van der Waals surface area contributed by atoms with Crippen LogP contribution >= 0.6 is 0 Å². The molecule has 0 saturated carbocycles. The molecule has 0 radical (unpaired) electrons. The van der Waals surface area contributed by atoms with Crippen LogP contribution in [0.15, 0.2) is 49.2 Å². The van der Waals surface area contributed by atoms with E-state index in [1.54, 1.807) is 18.3 Å². The number of nitrogens with zero attached hydrogens (tertiary/aromatic N) is 2. The largest absolute Gasteiger partial charge is 0.351 e. The average Bonchev–Trinajstić information content (AvgIpc) is 2.48. The monoisotopic (exact) mass is 268 g/mol. The number of rotatable bonds is 5. The van der Waals surface area contributed by atoms with E-state index in [2.05, 4.69) is 27.2 Å². The second-order valence-electron chi connectivity index (χ2n) is 4.20. The Morgan fingerprint density at radius 1 is 1.35 bits per heavy atom. The fourth-order valence-corrected chi connectivity index (χ4v) is 1.63. The predicted octanol–water partition coefficient (Wildman–Crippen LogP) is 2.64. The molecule has 0 aliphatic heterocycles. The van der Waals surface area contributed by atoms with Crippen LogP contribution in [0.1, 0.15) is 16.1 Å². The van der Waals surface area contributed by atoms with Gasteiger partial charge in [0.15, 0.2) is 0 Å². The molecule has 0 unspecified atom stereocenters. The first-order valence-corrected chi connectivity index (χ1v) is 6.25. The van der Waals surface area contributed by atoms with Gasteiger partial charge in [-0.05, 0) is 24.6 Å². The number of aryl methyl sites for hydroxylation is 1. The molecule has 0 saturated heterocycles. The molecule has 102 valence electrons. The number of nitrogens with one attached hydrogen (secondary N) is 2. The maximum atomic E-state index is 12.1. The minimum absolute atomic E-state index is 0.261. The molecule has 1 amide bonds. The van der Waals surface area contributed by atoms with Crippen LogP contribution in [0.3, 0.4) is 0 Å². The fraction of sp³-hybridized carbons (Fsp3) is 0.133. The minimum Gasteiger partial charge on any atom is -0.351 e. The van der Waals surface area contributed by atoms with Crippen LogP contribution in [0.25, 0.3) is 0 Å². The number of amides is 1. The second kappa shape index (κ2) is 6.47. The first-order valence-electron chi connectivity index (χ1n) is 6.25. The van der Waals surface area contributed by atoms with Crippen LogP contribution in [0.4, 0.5) is 11.6 Å². The highest BCUT2D eigenvalue weighted by Crippen LogP contribution is 2.14. The van der Waals surface area contributed by atoms with E-state index in [-0.39, 0.29) is 5.91 Å². The Bertz CT molecular complexity index is 625. The number of para-hydroxylation sites is 1. The van der Waals surface area contributed by atoms with Gasteiger partial charge in [-0.2, -0.15) is 0 Å². The lowest BCUT2D eigenvalue weighted by Gasteiger charge is -2.08. The number of aromatic nitrogens is 2. The van der Waals surface area contributed by atoms with Gasteiger partial charge in [-0.15, -0.1) is 6.58 Å². The van der Waals surface area contributed by atoms with Gasteiger partial charge in [-0.1, -0.05) is 24.3 Å². The van der Waals surface area contributed by atoms with E-state index >= 15 is 0 Å². The van der Waals surface area contributed by atoms with Crippen LogP contribution < -0.4 is 10.6 Å². The molecule has 0 spiro atoms. The molecule has 1 heterocycles. The van der Waals surface area contributed by atoms with Crippen LogP contribution in [0.5, 0.6) is 0 Å². The number of hydrogen-bond acceptors (Lipinski definition) is 4. The maximum absolute atomic E-state index is 12.1. The van der Waals surface area contributed by atoms with Crippen LogP contribution in [-0.2, 0) is 0 Å². The number of anilines is 2. The molecule has 2 rings (SSSR count). The van der Waals surface area contributed by atoms with E-state index in [4.69, 9.17) is 0 Å². The third-order valence-corrected chi connectivity index (χ3v) is 2.69. The summed E-state index contributed by atoms with van der Waals surface area (Å²) in [6.07, 6.45) is 3.24. The van der Waals surface area contributed by atoms with E-state index in [0.29, 0.717) is 18.2 Å². The second-order valence-corrected chi connectivity index (χ2v) is 4.20. The van der Waals surface area contributed by atoms with E-state index in [1.807, 2.05) is 31.2 Å². The topological polar surface area (TPSA) is 66.9 Å². The Morgan fingerprint density at radius 3 is 2.90 bits per heavy atom. The molecule has 0 aliphatic rings. The number of carbonyl (C=O) groups excluding carboxylic acids is 1. The van der Waals surface area contributed by atoms with Gasteiger partial charge in [0.2, 0.25) is 5.95 Å². The van der Waals surface area contributed by atoms with Crippen molar-refractivity contribution in [2.24, 2.45) is 0 Å². The van der Waals surface area contributed by atoms with Crippen molar-refractivity contribution in [1.82, 2.24) is 9.97 Å². The summed E-state index contributed by atoms with van der Waals surface area (Å²) in [6.45, 7) is 6.08. The molecule has 0 fully saturated rings. The van der Waals surface area contributed by atoms with Gasteiger partial charge >= 0.3 is 0 Å². The molecule has 20 heavy (non-hydrogen) atoms. The Hall–Kier alpha value is -2.69. The number of carbonyl (C=O) groups is 1. The van der Waals surface area contributed by atoms with Crippen molar-refractivity contribution in [3.8, 4) is 0 Å². The van der Waals surface area contributed by atoms with Crippen LogP contribution in [0, 0.1) is 6.92 Å². The summed E-state index contributed by atoms with van der Waals surface area (Å²) in [5, 5.41) is 5.78. The predicted molar refractivity (Wildman–Crippen MR) is 79.9 cm³/mol. The van der Waals surface area contributed by atoms with E-state index < -0.39 is 0 Å². The number of benzene rings is 1. The average molecular weight is 268 g/mol. The highest BCUT2D eigenvalue weighted by atomic mass is 16.1. The molecule has 2 aromatic rings. The van der Waals surface area contributed by atoms with Gasteiger partial charge in [-0.25, -0.2) is 9.97 Å². The fourth-order valence-electron chi connectivity index (χ4n) is 1.63. The third kappa shape index (κ3) is 3.41. The van der Waals surface area contributed by atoms with Crippen molar-refractivity contribution in [2.75, 3.05) is 17.2 Å². The molecule has 2 N–H and O–H groups in total. The Kier molecular flexibility index (Phi) is 4.44. The molecule has 1 aromatic heterocycles. The Morgan fingerprint density at radius 2 is 2.15 bits per heavy atom. The zero-order valence-electron chi connectivity index (χ0n) is 11.3. The van der Waals surface area contributed by atoms with E-state index in [9.17, 15) is 4.79 Å². The van der Waals surface area contributed by atoms with E-state index in [0.717, 1.165) is 11.3 Å². The lowest BCUT2D eigenvalue weighted by molar-refractivity contribution is 0.102. The normalized spacial score (nSPS) is 9.85. The van der Waals surface area contributed by atoms with Crippen LogP contribution in [-0.4, -0.2) is 22.4 Å². The molecule has 0 atom stereocenters. The lowest BCUT2D eigenvalue weighted by Crippen LogP contribution is -2.16. The van der Waals surface area contributed by atoms with E-state index in [1.165, 1.54) is 0 Å². The van der Waals surface area contributed by atoms with Crippen molar-refractivity contribution in [3.05, 3.63) is 60.4 Å². The molecule has 5 nitrogen and oxygen atoms in total. The van der Waals surface area contributed by atoms with Gasteiger partial charge in [0.1, 0.15) is 5.69 Å². The summed E-state index contributed by atoms with van der Waals surface area (Å²) in [6, 6.07) is 9.16. The molecule has 1 aromatic carbocycles. The first kappa shape index (κ1) is 13.7. The van der Waals surface area contributed by atoms with Crippen molar-refractivity contribution in [3.63, 3.8) is 0 Å². The molecular formula is C15H16N4O. The zero-order valence-corrected chi connectivity index (χ0v) is 11.3. The third-order valence-electron chi connectivity index (χ3n) is 2.69. The Balaban J connectivity index is 2.13. The SMILES string of the molecule is C=CCNc1nccc(C(=O)Nc2ccccc2C)n1. The highest BCUT2D eigenvalue weighted by molar-refractivity contribution is 6.03. The summed E-state index contributed by atoms with van der Waals surface area (Å²) in [4.78, 5) is 20.3. The summed E-state index contributed by atoms with van der Waals surface area (Å²) in [5.41, 5.74) is 2.09. The van der Waals surface area contributed by atoms with Gasteiger partial charge in [-0.3, -0.25) is 4.79 Å². The lowest BCUT2D eigenvalue weighted by atomic mass is 10.2. The van der Waals surface area contributed by atoms with Crippen molar-refractivity contribution in [1.29, 1.82) is 0 Å². The summed E-state index contributed by atoms with van der Waals surface area (Å²) in [7, 11) is 0. The van der Waals surface area contributed by atoms with Gasteiger partial charge in [0, 0.05) is 18.4 Å². The smallest absolute Gasteiger partial charge is 0.274 e. The standard InChI is InChI=1S/C15H16N4O/c1-3-9-16-15-17-10-8-13(19-15)14(20)18-12-7-5-4-6-11(12)2/h3-8,10H,1,9H2,2H3,(H,18,20)(H,16,17,19). The Labute approximate surface area is 117 Å². The van der Waals surface area contributed by atoms with Crippen molar-refractivity contribution < 1.29 is 4.79 Å². The molecule has 0 aliphatic carbocycles. The molecule has 0 bridgehead atoms. The first-order chi connectivity index (χ1) is 9.70.